The van der Waals surface area contributed by atoms with E-state index >= 15 is 0 Å². The molecule has 5 nitrogen and oxygen atoms in total. The number of piperazine rings is 1. The van der Waals surface area contributed by atoms with E-state index in [-0.39, 0.29) is 0 Å². The molecular formula is C21H28N4O. The molecule has 138 valence electrons. The van der Waals surface area contributed by atoms with Crippen molar-refractivity contribution < 1.29 is 4.84 Å². The largest absolute Gasteiger partial charge is 0.399 e. The summed E-state index contributed by atoms with van der Waals surface area (Å²) in [6, 6.07) is 12.6. The van der Waals surface area contributed by atoms with Crippen LogP contribution < -0.4 is 4.90 Å². The topological polar surface area (TPSA) is 41.0 Å². The quantitative estimate of drug-likeness (QED) is 0.591. The first-order valence-corrected chi connectivity index (χ1v) is 9.23. The minimum Gasteiger partial charge on any atom is -0.399 e. The summed E-state index contributed by atoms with van der Waals surface area (Å²) in [6.45, 7) is 9.35. The molecule has 26 heavy (non-hydrogen) atoms. The first kappa shape index (κ1) is 18.4. The predicted molar refractivity (Wildman–Crippen MR) is 107 cm³/mol. The third-order valence-corrected chi connectivity index (χ3v) is 4.77. The second kappa shape index (κ2) is 8.81. The van der Waals surface area contributed by atoms with E-state index < -0.39 is 0 Å². The Morgan fingerprint density at radius 2 is 1.81 bits per heavy atom. The third-order valence-electron chi connectivity index (χ3n) is 4.77. The van der Waals surface area contributed by atoms with Crippen LogP contribution >= 0.6 is 0 Å². The molecule has 2 aromatic rings. The molecular weight excluding hydrogens is 324 g/mol. The minimum absolute atomic E-state index is 0.889. The highest BCUT2D eigenvalue weighted by Gasteiger charge is 2.18. The van der Waals surface area contributed by atoms with E-state index in [1.165, 1.54) is 11.1 Å². The molecule has 5 heteroatoms. The maximum Gasteiger partial charge on any atom is 0.128 e. The molecule has 0 unspecified atom stereocenters. The molecule has 1 aromatic carbocycles. The zero-order valence-electron chi connectivity index (χ0n) is 16.0. The normalized spacial score (nSPS) is 16.0. The van der Waals surface area contributed by atoms with E-state index in [1.54, 1.807) is 7.11 Å². The summed E-state index contributed by atoms with van der Waals surface area (Å²) in [5.41, 5.74) is 4.70. The Morgan fingerprint density at radius 1 is 1.08 bits per heavy atom. The van der Waals surface area contributed by atoms with Crippen LogP contribution in [0, 0.1) is 13.8 Å². The molecule has 0 saturated carbocycles. The van der Waals surface area contributed by atoms with Gasteiger partial charge in [0.05, 0.1) is 5.71 Å². The van der Waals surface area contributed by atoms with Gasteiger partial charge in [-0.2, -0.15) is 0 Å². The van der Waals surface area contributed by atoms with Crippen molar-refractivity contribution in [3.63, 3.8) is 0 Å². The van der Waals surface area contributed by atoms with Crippen LogP contribution in [-0.2, 0) is 4.84 Å². The number of anilines is 1. The second-order valence-electron chi connectivity index (χ2n) is 6.86. The molecule has 0 radical (unpaired) electrons. The van der Waals surface area contributed by atoms with E-state index in [9.17, 15) is 0 Å². The fourth-order valence-electron chi connectivity index (χ4n) is 3.50. The summed E-state index contributed by atoms with van der Waals surface area (Å²) < 4.78 is 0. The minimum atomic E-state index is 0.889. The number of benzene rings is 1. The number of hydrogen-bond acceptors (Lipinski definition) is 5. The average molecular weight is 352 g/mol. The summed E-state index contributed by atoms with van der Waals surface area (Å²) in [5, 5.41) is 4.29. The summed E-state index contributed by atoms with van der Waals surface area (Å²) in [7, 11) is 1.62. The SMILES string of the molecule is CON=C(CCN1CCN(c2ccccn2)CC1)c1cc(C)cc(C)c1. The second-order valence-corrected chi connectivity index (χ2v) is 6.86. The van der Waals surface area contributed by atoms with Crippen LogP contribution in [0.2, 0.25) is 0 Å². The van der Waals surface area contributed by atoms with E-state index in [2.05, 4.69) is 58.1 Å². The lowest BCUT2D eigenvalue weighted by atomic mass is 10.0. The van der Waals surface area contributed by atoms with Crippen molar-refractivity contribution >= 4 is 11.5 Å². The number of aryl methyl sites for hydroxylation is 2. The molecule has 0 N–H and O–H groups in total. The van der Waals surface area contributed by atoms with Crippen LogP contribution in [0.5, 0.6) is 0 Å². The molecule has 0 amide bonds. The maximum absolute atomic E-state index is 5.11. The maximum atomic E-state index is 5.11. The van der Waals surface area contributed by atoms with Crippen molar-refractivity contribution in [3.05, 3.63) is 59.3 Å². The number of nitrogens with zero attached hydrogens (tertiary/aromatic N) is 4. The highest BCUT2D eigenvalue weighted by Crippen LogP contribution is 2.15. The highest BCUT2D eigenvalue weighted by atomic mass is 16.6. The van der Waals surface area contributed by atoms with Crippen molar-refractivity contribution in [2.24, 2.45) is 5.16 Å². The molecule has 0 bridgehead atoms. The van der Waals surface area contributed by atoms with Crippen LogP contribution in [0.15, 0.2) is 47.8 Å². The van der Waals surface area contributed by atoms with Gasteiger partial charge in [-0.05, 0) is 31.5 Å². The molecule has 0 atom stereocenters. The molecule has 0 spiro atoms. The number of aromatic nitrogens is 1. The standard InChI is InChI=1S/C21H28N4O/c1-17-14-18(2)16-19(15-17)20(23-26-3)7-9-24-10-12-25(13-11-24)21-6-4-5-8-22-21/h4-6,8,14-16H,7,9-13H2,1-3H3. The smallest absolute Gasteiger partial charge is 0.128 e. The summed E-state index contributed by atoms with van der Waals surface area (Å²) in [4.78, 5) is 14.4. The van der Waals surface area contributed by atoms with Crippen LogP contribution in [0.4, 0.5) is 5.82 Å². The van der Waals surface area contributed by atoms with Crippen LogP contribution in [-0.4, -0.2) is 55.4 Å². The molecule has 1 aromatic heterocycles. The van der Waals surface area contributed by atoms with Gasteiger partial charge in [0.25, 0.3) is 0 Å². The first-order valence-electron chi connectivity index (χ1n) is 9.23. The molecule has 1 fully saturated rings. The van der Waals surface area contributed by atoms with E-state index in [4.69, 9.17) is 4.84 Å². The summed E-state index contributed by atoms with van der Waals surface area (Å²) in [5.74, 6) is 1.07. The van der Waals surface area contributed by atoms with Gasteiger partial charge in [-0.15, -0.1) is 0 Å². The lowest BCUT2D eigenvalue weighted by molar-refractivity contribution is 0.211. The Hall–Kier alpha value is -2.40. The average Bonchev–Trinajstić information content (AvgIpc) is 2.65. The Morgan fingerprint density at radius 3 is 2.42 bits per heavy atom. The fraction of sp³-hybridized carbons (Fsp3) is 0.429. The van der Waals surface area contributed by atoms with E-state index in [0.29, 0.717) is 0 Å². The number of rotatable bonds is 6. The Balaban J connectivity index is 1.56. The van der Waals surface area contributed by atoms with Gasteiger partial charge >= 0.3 is 0 Å². The van der Waals surface area contributed by atoms with Gasteiger partial charge in [0.1, 0.15) is 12.9 Å². The molecule has 1 aliphatic rings. The van der Waals surface area contributed by atoms with Crippen LogP contribution in [0.1, 0.15) is 23.1 Å². The fourth-order valence-corrected chi connectivity index (χ4v) is 3.50. The number of hydrogen-bond donors (Lipinski definition) is 0. The van der Waals surface area contributed by atoms with Crippen LogP contribution in [0.25, 0.3) is 0 Å². The van der Waals surface area contributed by atoms with Crippen molar-refractivity contribution in [2.75, 3.05) is 44.7 Å². The molecule has 2 heterocycles. The highest BCUT2D eigenvalue weighted by molar-refractivity contribution is 6.00. The predicted octanol–water partition coefficient (Wildman–Crippen LogP) is 3.26. The van der Waals surface area contributed by atoms with E-state index in [1.807, 2.05) is 18.3 Å². The monoisotopic (exact) mass is 352 g/mol. The van der Waals surface area contributed by atoms with Gasteiger partial charge < -0.3 is 9.74 Å². The van der Waals surface area contributed by atoms with Crippen molar-refractivity contribution in [1.82, 2.24) is 9.88 Å². The molecule has 1 aliphatic heterocycles. The first-order chi connectivity index (χ1) is 12.7. The molecule has 1 saturated heterocycles. The third kappa shape index (κ3) is 4.82. The van der Waals surface area contributed by atoms with Crippen LogP contribution in [0.3, 0.4) is 0 Å². The Bertz CT molecular complexity index is 717. The van der Waals surface area contributed by atoms with Gasteiger partial charge in [-0.25, -0.2) is 4.98 Å². The van der Waals surface area contributed by atoms with Gasteiger partial charge in [-0.3, -0.25) is 4.90 Å². The summed E-state index contributed by atoms with van der Waals surface area (Å²) in [6.07, 6.45) is 2.75. The lowest BCUT2D eigenvalue weighted by Gasteiger charge is -2.35. The zero-order valence-corrected chi connectivity index (χ0v) is 16.0. The van der Waals surface area contributed by atoms with Crippen molar-refractivity contribution in [1.29, 1.82) is 0 Å². The van der Waals surface area contributed by atoms with Gasteiger partial charge in [0.15, 0.2) is 0 Å². The van der Waals surface area contributed by atoms with Gasteiger partial charge in [0.2, 0.25) is 0 Å². The molecule has 3 rings (SSSR count). The molecule has 0 aliphatic carbocycles. The van der Waals surface area contributed by atoms with E-state index in [0.717, 1.165) is 56.2 Å². The Labute approximate surface area is 156 Å². The van der Waals surface area contributed by atoms with Gasteiger partial charge in [0, 0.05) is 45.3 Å². The van der Waals surface area contributed by atoms with Crippen molar-refractivity contribution in [3.8, 4) is 0 Å². The Kier molecular flexibility index (Phi) is 6.23. The van der Waals surface area contributed by atoms with Gasteiger partial charge in [-0.1, -0.05) is 40.5 Å². The number of oxime groups is 1. The number of pyridine rings is 1. The summed E-state index contributed by atoms with van der Waals surface area (Å²) >= 11 is 0. The lowest BCUT2D eigenvalue weighted by Crippen LogP contribution is -2.47. The zero-order chi connectivity index (χ0) is 18.4. The van der Waals surface area contributed by atoms with Crippen molar-refractivity contribution in [2.45, 2.75) is 20.3 Å².